The molecule has 0 aromatic heterocycles. The number of phenols is 1. The van der Waals surface area contributed by atoms with Gasteiger partial charge in [-0.2, -0.15) is 0 Å². The van der Waals surface area contributed by atoms with Crippen LogP contribution in [0.1, 0.15) is 15.9 Å². The molecule has 1 heterocycles. The van der Waals surface area contributed by atoms with Crippen LogP contribution in [0.25, 0.3) is 0 Å². The summed E-state index contributed by atoms with van der Waals surface area (Å²) < 4.78 is 18.1. The van der Waals surface area contributed by atoms with Gasteiger partial charge in [0.05, 0.1) is 0 Å². The van der Waals surface area contributed by atoms with Gasteiger partial charge >= 0.3 is 5.97 Å². The second-order valence-electron chi connectivity index (χ2n) is 6.44. The molecule has 2 aromatic carbocycles. The molecule has 0 unspecified atom stereocenters. The zero-order valence-electron chi connectivity index (χ0n) is 15.0. The molecule has 1 saturated heterocycles. The molecule has 0 saturated carbocycles. The number of piperazine rings is 1. The van der Waals surface area contributed by atoms with Crippen LogP contribution in [0.2, 0.25) is 0 Å². The first-order valence-electron chi connectivity index (χ1n) is 8.69. The number of anilines is 1. The summed E-state index contributed by atoms with van der Waals surface area (Å²) in [6.07, 6.45) is 0. The number of benzene rings is 2. The van der Waals surface area contributed by atoms with Crippen molar-refractivity contribution in [2.24, 2.45) is 0 Å². The molecule has 142 valence electrons. The smallest absolute Gasteiger partial charge is 0.342 e. The van der Waals surface area contributed by atoms with Crippen molar-refractivity contribution < 1.29 is 23.8 Å². The van der Waals surface area contributed by atoms with E-state index in [4.69, 9.17) is 4.74 Å². The Labute approximate surface area is 156 Å². The Bertz CT molecular complexity index is 830. The predicted molar refractivity (Wildman–Crippen MR) is 98.3 cm³/mol. The molecule has 1 aliphatic rings. The lowest BCUT2D eigenvalue weighted by molar-refractivity contribution is -0.134. The summed E-state index contributed by atoms with van der Waals surface area (Å²) in [4.78, 5) is 28.1. The molecule has 2 aromatic rings. The molecule has 0 bridgehead atoms. The average Bonchev–Trinajstić information content (AvgIpc) is 2.68. The Kier molecular flexibility index (Phi) is 5.59. The molecule has 0 spiro atoms. The topological polar surface area (TPSA) is 70.1 Å². The minimum Gasteiger partial charge on any atom is -0.507 e. The Morgan fingerprint density at radius 1 is 1.07 bits per heavy atom. The fraction of sp³-hybridized carbons (Fsp3) is 0.300. The van der Waals surface area contributed by atoms with Gasteiger partial charge in [0.25, 0.3) is 5.91 Å². The monoisotopic (exact) mass is 372 g/mol. The SMILES string of the molecule is Cc1ccc(O)c(C(=O)OCC(=O)N2CCN(c3ccc(F)cc3)CC2)c1. The number of carbonyl (C=O) groups excluding carboxylic acids is 2. The van der Waals surface area contributed by atoms with Crippen molar-refractivity contribution in [2.45, 2.75) is 6.92 Å². The van der Waals surface area contributed by atoms with Crippen molar-refractivity contribution in [1.29, 1.82) is 0 Å². The average molecular weight is 372 g/mol. The van der Waals surface area contributed by atoms with E-state index in [0.29, 0.717) is 26.2 Å². The highest BCUT2D eigenvalue weighted by atomic mass is 19.1. The number of ether oxygens (including phenoxy) is 1. The van der Waals surface area contributed by atoms with E-state index in [0.717, 1.165) is 11.3 Å². The number of rotatable bonds is 4. The number of esters is 1. The maximum absolute atomic E-state index is 13.0. The maximum Gasteiger partial charge on any atom is 0.342 e. The number of aromatic hydroxyl groups is 1. The molecule has 0 aliphatic carbocycles. The molecule has 1 N–H and O–H groups in total. The third kappa shape index (κ3) is 4.55. The first kappa shape index (κ1) is 18.7. The number of carbonyl (C=O) groups is 2. The number of halogens is 1. The van der Waals surface area contributed by atoms with E-state index in [9.17, 15) is 19.1 Å². The molecule has 0 atom stereocenters. The Hall–Kier alpha value is -3.09. The highest BCUT2D eigenvalue weighted by Gasteiger charge is 2.23. The maximum atomic E-state index is 13.0. The van der Waals surface area contributed by atoms with Crippen LogP contribution in [0, 0.1) is 12.7 Å². The van der Waals surface area contributed by atoms with Gasteiger partial charge in [0.2, 0.25) is 0 Å². The Balaban J connectivity index is 1.50. The zero-order valence-corrected chi connectivity index (χ0v) is 15.0. The van der Waals surface area contributed by atoms with Crippen LogP contribution < -0.4 is 4.90 Å². The van der Waals surface area contributed by atoms with E-state index >= 15 is 0 Å². The Morgan fingerprint density at radius 3 is 2.41 bits per heavy atom. The molecule has 27 heavy (non-hydrogen) atoms. The Morgan fingerprint density at radius 2 is 1.74 bits per heavy atom. The van der Waals surface area contributed by atoms with E-state index in [2.05, 4.69) is 4.90 Å². The van der Waals surface area contributed by atoms with Gasteiger partial charge in [-0.25, -0.2) is 9.18 Å². The summed E-state index contributed by atoms with van der Waals surface area (Å²) >= 11 is 0. The number of hydrogen-bond donors (Lipinski definition) is 1. The van der Waals surface area contributed by atoms with Crippen LogP contribution in [0.3, 0.4) is 0 Å². The fourth-order valence-corrected chi connectivity index (χ4v) is 2.98. The summed E-state index contributed by atoms with van der Waals surface area (Å²) in [5, 5.41) is 9.75. The van der Waals surface area contributed by atoms with E-state index in [1.54, 1.807) is 30.0 Å². The number of nitrogens with zero attached hydrogens (tertiary/aromatic N) is 2. The summed E-state index contributed by atoms with van der Waals surface area (Å²) in [5.41, 5.74) is 1.76. The molecule has 0 radical (unpaired) electrons. The predicted octanol–water partition coefficient (Wildman–Crippen LogP) is 2.35. The van der Waals surface area contributed by atoms with Crippen molar-refractivity contribution in [1.82, 2.24) is 4.90 Å². The van der Waals surface area contributed by atoms with Crippen molar-refractivity contribution in [3.05, 3.63) is 59.4 Å². The lowest BCUT2D eigenvalue weighted by Crippen LogP contribution is -2.49. The fourth-order valence-electron chi connectivity index (χ4n) is 2.98. The van der Waals surface area contributed by atoms with Gasteiger partial charge in [0, 0.05) is 31.9 Å². The minimum absolute atomic E-state index is 0.0453. The molecule has 1 amide bonds. The first-order chi connectivity index (χ1) is 12.9. The second kappa shape index (κ2) is 8.07. The summed E-state index contributed by atoms with van der Waals surface area (Å²) in [6.45, 7) is 3.63. The summed E-state index contributed by atoms with van der Waals surface area (Å²) in [5.74, 6) is -1.47. The van der Waals surface area contributed by atoms with Gasteiger partial charge in [0.1, 0.15) is 17.1 Å². The molecule has 7 heteroatoms. The second-order valence-corrected chi connectivity index (χ2v) is 6.44. The largest absolute Gasteiger partial charge is 0.507 e. The van der Waals surface area contributed by atoms with Gasteiger partial charge in [-0.1, -0.05) is 11.6 Å². The number of aryl methyl sites for hydroxylation is 1. The zero-order chi connectivity index (χ0) is 19.4. The normalized spacial score (nSPS) is 14.1. The van der Waals surface area contributed by atoms with E-state index in [1.165, 1.54) is 24.3 Å². The van der Waals surface area contributed by atoms with Crippen LogP contribution in [0.5, 0.6) is 5.75 Å². The number of amides is 1. The van der Waals surface area contributed by atoms with Gasteiger partial charge < -0.3 is 19.6 Å². The number of hydrogen-bond acceptors (Lipinski definition) is 5. The van der Waals surface area contributed by atoms with Gasteiger partial charge in [-0.15, -0.1) is 0 Å². The molecule has 6 nitrogen and oxygen atoms in total. The van der Waals surface area contributed by atoms with Gasteiger partial charge in [-0.3, -0.25) is 4.79 Å². The summed E-state index contributed by atoms with van der Waals surface area (Å²) in [7, 11) is 0. The van der Waals surface area contributed by atoms with E-state index in [1.807, 2.05) is 0 Å². The van der Waals surface area contributed by atoms with Crippen LogP contribution in [0.4, 0.5) is 10.1 Å². The van der Waals surface area contributed by atoms with Crippen molar-refractivity contribution in [3.63, 3.8) is 0 Å². The number of phenolic OH excluding ortho intramolecular Hbond substituents is 1. The first-order valence-corrected chi connectivity index (χ1v) is 8.69. The van der Waals surface area contributed by atoms with Crippen molar-refractivity contribution in [3.8, 4) is 5.75 Å². The van der Waals surface area contributed by atoms with E-state index < -0.39 is 5.97 Å². The van der Waals surface area contributed by atoms with Gasteiger partial charge in [0.15, 0.2) is 6.61 Å². The standard InChI is InChI=1S/C20H21FN2O4/c1-14-2-7-18(24)17(12-14)20(26)27-13-19(25)23-10-8-22(9-11-23)16-5-3-15(21)4-6-16/h2-7,12,24H,8-11,13H2,1H3. The van der Waals surface area contributed by atoms with Crippen LogP contribution >= 0.6 is 0 Å². The lowest BCUT2D eigenvalue weighted by atomic mass is 10.1. The molecule has 1 aliphatic heterocycles. The summed E-state index contributed by atoms with van der Waals surface area (Å²) in [6, 6.07) is 10.9. The van der Waals surface area contributed by atoms with Crippen molar-refractivity contribution >= 4 is 17.6 Å². The molecule has 1 fully saturated rings. The lowest BCUT2D eigenvalue weighted by Gasteiger charge is -2.36. The third-order valence-corrected chi connectivity index (χ3v) is 4.52. The molecular formula is C20H21FN2O4. The quantitative estimate of drug-likeness (QED) is 0.835. The molecule has 3 rings (SSSR count). The third-order valence-electron chi connectivity index (χ3n) is 4.52. The van der Waals surface area contributed by atoms with Crippen molar-refractivity contribution in [2.75, 3.05) is 37.7 Å². The highest BCUT2D eigenvalue weighted by Crippen LogP contribution is 2.20. The van der Waals surface area contributed by atoms with Crippen LogP contribution in [-0.4, -0.2) is 54.7 Å². The van der Waals surface area contributed by atoms with Crippen LogP contribution in [-0.2, 0) is 9.53 Å². The molecular weight excluding hydrogens is 351 g/mol. The highest BCUT2D eigenvalue weighted by molar-refractivity contribution is 5.94. The minimum atomic E-state index is -0.727. The van der Waals surface area contributed by atoms with Gasteiger partial charge in [-0.05, 0) is 43.3 Å². The van der Waals surface area contributed by atoms with E-state index in [-0.39, 0.29) is 29.6 Å². The van der Waals surface area contributed by atoms with Crippen LogP contribution in [0.15, 0.2) is 42.5 Å².